The fourth-order valence-electron chi connectivity index (χ4n) is 3.65. The second-order valence-corrected chi connectivity index (χ2v) is 10.8. The number of alkyl carbamates (subject to hydrolysis) is 1. The molecule has 0 aliphatic rings. The maximum absolute atomic E-state index is 12.8. The molecule has 9 nitrogen and oxygen atoms in total. The SMILES string of the molecule is C[C@H](NC(=O)OC(C)(C)C)C(=O)NCCC#C/C=C/C#CCCC(=O)N[C@@H](C)C(=O)OC(c1ccccc1)c1ccccc1. The van der Waals surface area contributed by atoms with Crippen LogP contribution in [0.1, 0.15) is 71.1 Å². The average molecular weight is 600 g/mol. The minimum atomic E-state index is -0.824. The van der Waals surface area contributed by atoms with E-state index in [9.17, 15) is 19.2 Å². The van der Waals surface area contributed by atoms with Gasteiger partial charge in [0.25, 0.3) is 0 Å². The van der Waals surface area contributed by atoms with Gasteiger partial charge in [-0.2, -0.15) is 0 Å². The molecular formula is C35H41N3O6. The molecule has 0 spiro atoms. The first-order valence-electron chi connectivity index (χ1n) is 14.4. The van der Waals surface area contributed by atoms with Crippen LogP contribution in [0.4, 0.5) is 4.79 Å². The number of esters is 1. The molecular weight excluding hydrogens is 558 g/mol. The second kappa shape index (κ2) is 18.5. The molecule has 0 unspecified atom stereocenters. The van der Waals surface area contributed by atoms with Crippen LogP contribution in [0.2, 0.25) is 0 Å². The first-order chi connectivity index (χ1) is 21.0. The minimum absolute atomic E-state index is 0.131. The van der Waals surface area contributed by atoms with Gasteiger partial charge in [0.1, 0.15) is 17.7 Å². The Morgan fingerprint density at radius 2 is 1.34 bits per heavy atom. The molecule has 44 heavy (non-hydrogen) atoms. The molecule has 0 aliphatic carbocycles. The van der Waals surface area contributed by atoms with Crippen LogP contribution >= 0.6 is 0 Å². The number of ether oxygens (including phenoxy) is 2. The molecule has 0 saturated carbocycles. The molecule has 0 saturated heterocycles. The highest BCUT2D eigenvalue weighted by Gasteiger charge is 2.24. The summed E-state index contributed by atoms with van der Waals surface area (Å²) in [5.41, 5.74) is 1.03. The maximum atomic E-state index is 12.8. The Bertz CT molecular complexity index is 1350. The quantitative estimate of drug-likeness (QED) is 0.197. The van der Waals surface area contributed by atoms with Gasteiger partial charge >= 0.3 is 12.1 Å². The van der Waals surface area contributed by atoms with Gasteiger partial charge in [0.2, 0.25) is 11.8 Å². The van der Waals surface area contributed by atoms with Crippen molar-refractivity contribution in [3.63, 3.8) is 0 Å². The van der Waals surface area contributed by atoms with Gasteiger partial charge in [-0.15, -0.1) is 0 Å². The molecule has 2 atom stereocenters. The third-order valence-corrected chi connectivity index (χ3v) is 5.78. The van der Waals surface area contributed by atoms with Crippen molar-refractivity contribution in [3.8, 4) is 23.7 Å². The van der Waals surface area contributed by atoms with Crippen LogP contribution in [0.25, 0.3) is 0 Å². The summed E-state index contributed by atoms with van der Waals surface area (Å²) in [6.07, 6.45) is 2.77. The van der Waals surface area contributed by atoms with Gasteiger partial charge in [-0.05, 0) is 57.9 Å². The summed E-state index contributed by atoms with van der Waals surface area (Å²) >= 11 is 0. The molecule has 0 radical (unpaired) electrons. The number of rotatable bonds is 11. The van der Waals surface area contributed by atoms with Gasteiger partial charge in [-0.3, -0.25) is 9.59 Å². The predicted octanol–water partition coefficient (Wildman–Crippen LogP) is 4.59. The van der Waals surface area contributed by atoms with Crippen molar-refractivity contribution in [1.82, 2.24) is 16.0 Å². The van der Waals surface area contributed by atoms with Crippen LogP contribution in [-0.4, -0.2) is 48.1 Å². The highest BCUT2D eigenvalue weighted by atomic mass is 16.6. The fourth-order valence-corrected chi connectivity index (χ4v) is 3.65. The zero-order valence-corrected chi connectivity index (χ0v) is 25.9. The lowest BCUT2D eigenvalue weighted by Crippen LogP contribution is -2.46. The van der Waals surface area contributed by atoms with Gasteiger partial charge in [0, 0.05) is 25.8 Å². The van der Waals surface area contributed by atoms with E-state index >= 15 is 0 Å². The van der Waals surface area contributed by atoms with Gasteiger partial charge in [0.05, 0.1) is 0 Å². The van der Waals surface area contributed by atoms with E-state index in [1.165, 1.54) is 0 Å². The number of allylic oxidation sites excluding steroid dienone is 2. The van der Waals surface area contributed by atoms with Gasteiger partial charge in [0.15, 0.2) is 6.10 Å². The summed E-state index contributed by atoms with van der Waals surface area (Å²) < 4.78 is 10.9. The summed E-state index contributed by atoms with van der Waals surface area (Å²) in [5, 5.41) is 7.85. The van der Waals surface area contributed by atoms with Crippen LogP contribution < -0.4 is 16.0 Å². The fraction of sp³-hybridized carbons (Fsp3) is 0.371. The summed E-state index contributed by atoms with van der Waals surface area (Å²) in [6.45, 7) is 8.71. The van der Waals surface area contributed by atoms with Crippen LogP contribution in [0.15, 0.2) is 72.8 Å². The lowest BCUT2D eigenvalue weighted by molar-refractivity contribution is -0.151. The molecule has 0 aliphatic heterocycles. The zero-order chi connectivity index (χ0) is 32.4. The van der Waals surface area contributed by atoms with Crippen LogP contribution in [0.3, 0.4) is 0 Å². The third kappa shape index (κ3) is 14.2. The van der Waals surface area contributed by atoms with Crippen molar-refractivity contribution in [2.24, 2.45) is 0 Å². The Morgan fingerprint density at radius 1 is 0.795 bits per heavy atom. The van der Waals surface area contributed by atoms with E-state index in [-0.39, 0.29) is 18.2 Å². The topological polar surface area (TPSA) is 123 Å². The molecule has 0 bridgehead atoms. The normalized spacial score (nSPS) is 12.0. The molecule has 0 heterocycles. The summed E-state index contributed by atoms with van der Waals surface area (Å²) in [6, 6.07) is 17.3. The molecule has 2 rings (SSSR count). The molecule has 3 N–H and O–H groups in total. The largest absolute Gasteiger partial charge is 0.451 e. The number of hydrogen-bond donors (Lipinski definition) is 3. The number of benzene rings is 2. The molecule has 2 aromatic carbocycles. The van der Waals surface area contributed by atoms with Gasteiger partial charge < -0.3 is 25.4 Å². The van der Waals surface area contributed by atoms with Crippen molar-refractivity contribution < 1.29 is 28.7 Å². The maximum Gasteiger partial charge on any atom is 0.408 e. The molecule has 2 aromatic rings. The number of carbonyl (C=O) groups excluding carboxylic acids is 4. The van der Waals surface area contributed by atoms with Gasteiger partial charge in [-0.1, -0.05) is 84.3 Å². The smallest absolute Gasteiger partial charge is 0.408 e. The minimum Gasteiger partial charge on any atom is -0.451 e. The monoisotopic (exact) mass is 599 g/mol. The van der Waals surface area contributed by atoms with Gasteiger partial charge in [-0.25, -0.2) is 9.59 Å². The zero-order valence-electron chi connectivity index (χ0n) is 25.9. The highest BCUT2D eigenvalue weighted by Crippen LogP contribution is 2.26. The number of nitrogens with one attached hydrogen (secondary N) is 3. The first-order valence-corrected chi connectivity index (χ1v) is 14.4. The first kappa shape index (κ1) is 35.2. The van der Waals surface area contributed by atoms with E-state index < -0.39 is 35.9 Å². The van der Waals surface area contributed by atoms with E-state index in [1.54, 1.807) is 46.8 Å². The Balaban J connectivity index is 1.68. The average Bonchev–Trinajstić information content (AvgIpc) is 2.98. The number of hydrogen-bond acceptors (Lipinski definition) is 6. The van der Waals surface area contributed by atoms with Crippen LogP contribution in [0, 0.1) is 23.7 Å². The summed E-state index contributed by atoms with van der Waals surface area (Å²) in [5.74, 6) is 10.2. The molecule has 232 valence electrons. The van der Waals surface area contributed by atoms with E-state index in [0.29, 0.717) is 19.4 Å². The second-order valence-electron chi connectivity index (χ2n) is 10.8. The Morgan fingerprint density at radius 3 is 1.89 bits per heavy atom. The standard InChI is InChI=1S/C35H41N3O6/c1-26(38-34(42)44-35(3,4)5)32(40)36-25-19-11-9-7-6-8-10-18-24-30(39)37-27(2)33(41)43-31(28-20-14-12-15-21-28)29-22-16-13-17-23-29/h6-7,12-17,20-23,26-27,31H,18-19,24-25H2,1-5H3,(H,36,40)(H,37,39)(H,38,42)/b7-6+/t26-,27-/m0/s1. The number of carbonyl (C=O) groups is 4. The van der Waals surface area contributed by atoms with E-state index in [2.05, 4.69) is 39.6 Å². The van der Waals surface area contributed by atoms with Crippen molar-refractivity contribution in [2.75, 3.05) is 6.54 Å². The molecule has 3 amide bonds. The van der Waals surface area contributed by atoms with Crippen molar-refractivity contribution >= 4 is 23.9 Å². The Kier molecular flexibility index (Phi) is 14.8. The Labute approximate surface area is 260 Å². The third-order valence-electron chi connectivity index (χ3n) is 5.78. The predicted molar refractivity (Wildman–Crippen MR) is 169 cm³/mol. The molecule has 0 fully saturated rings. The van der Waals surface area contributed by atoms with Crippen LogP contribution in [0.5, 0.6) is 0 Å². The van der Waals surface area contributed by atoms with Crippen molar-refractivity contribution in [1.29, 1.82) is 0 Å². The van der Waals surface area contributed by atoms with E-state index in [1.807, 2.05) is 60.7 Å². The van der Waals surface area contributed by atoms with Crippen molar-refractivity contribution in [2.45, 2.75) is 77.7 Å². The van der Waals surface area contributed by atoms with Crippen LogP contribution in [-0.2, 0) is 23.9 Å². The highest BCUT2D eigenvalue weighted by molar-refractivity contribution is 5.85. The molecule has 0 aromatic heterocycles. The summed E-state index contributed by atoms with van der Waals surface area (Å²) in [4.78, 5) is 48.9. The number of amides is 3. The molecule has 9 heteroatoms. The lowest BCUT2D eigenvalue weighted by atomic mass is 10.0. The lowest BCUT2D eigenvalue weighted by Gasteiger charge is -2.21. The Hall–Kier alpha value is -5.02. The van der Waals surface area contributed by atoms with E-state index in [0.717, 1.165) is 11.1 Å². The van der Waals surface area contributed by atoms with E-state index in [4.69, 9.17) is 9.47 Å². The summed E-state index contributed by atoms with van der Waals surface area (Å²) in [7, 11) is 0. The van der Waals surface area contributed by atoms with Crippen molar-refractivity contribution in [3.05, 3.63) is 83.9 Å².